The molecule has 0 aromatic heterocycles. The Morgan fingerprint density at radius 1 is 1.14 bits per heavy atom. The topological polar surface area (TPSA) is 69.7 Å². The minimum atomic E-state index is -4.25. The number of para-hydroxylation sites is 1. The minimum Gasteiger partial charge on any atom is -0.462 e. The highest BCUT2D eigenvalue weighted by Gasteiger charge is 2.20. The molecule has 0 spiro atoms. The van der Waals surface area contributed by atoms with Crippen LogP contribution in [0.5, 0.6) is 5.75 Å². The smallest absolute Gasteiger partial charge is 0.339 e. The number of carbonyl (C=O) groups is 1. The van der Waals surface area contributed by atoms with Crippen molar-refractivity contribution in [3.8, 4) is 5.75 Å². The third kappa shape index (κ3) is 3.62. The molecule has 2 rings (SSSR count). The highest BCUT2D eigenvalue weighted by Crippen LogP contribution is 2.22. The number of carbonyl (C=O) groups excluding carboxylic acids is 1. The van der Waals surface area contributed by atoms with Crippen molar-refractivity contribution >= 4 is 16.1 Å². The fourth-order valence-electron chi connectivity index (χ4n) is 1.67. The Morgan fingerprint density at radius 2 is 1.86 bits per heavy atom. The van der Waals surface area contributed by atoms with Crippen molar-refractivity contribution in [1.29, 1.82) is 0 Å². The first-order valence-corrected chi connectivity index (χ1v) is 7.81. The van der Waals surface area contributed by atoms with E-state index in [1.807, 2.05) is 0 Å². The van der Waals surface area contributed by atoms with Crippen LogP contribution < -0.4 is 4.18 Å². The summed E-state index contributed by atoms with van der Waals surface area (Å²) in [7, 11) is -4.25. The first-order valence-electron chi connectivity index (χ1n) is 6.40. The van der Waals surface area contributed by atoms with Crippen LogP contribution in [-0.4, -0.2) is 21.0 Å². The Balaban J connectivity index is 2.32. The van der Waals surface area contributed by atoms with Gasteiger partial charge in [-0.05, 0) is 37.3 Å². The van der Waals surface area contributed by atoms with Crippen LogP contribution in [0.1, 0.15) is 17.3 Å². The molecule has 0 aliphatic carbocycles. The molecule has 0 N–H and O–H groups in total. The molecule has 0 saturated heterocycles. The molecule has 0 atom stereocenters. The molecule has 5 nitrogen and oxygen atoms in total. The maximum Gasteiger partial charge on any atom is 0.339 e. The maximum atomic E-state index is 13.5. The van der Waals surface area contributed by atoms with E-state index in [1.165, 1.54) is 36.4 Å². The number of rotatable bonds is 5. The number of esters is 1. The summed E-state index contributed by atoms with van der Waals surface area (Å²) in [5, 5.41) is 0. The molecule has 116 valence electrons. The van der Waals surface area contributed by atoms with E-state index < -0.39 is 27.7 Å². The van der Waals surface area contributed by atoms with E-state index >= 15 is 0 Å². The number of benzene rings is 2. The molecule has 0 bridgehead atoms. The van der Waals surface area contributed by atoms with E-state index in [-0.39, 0.29) is 17.1 Å². The molecule has 2 aromatic carbocycles. The van der Waals surface area contributed by atoms with Crippen LogP contribution in [-0.2, 0) is 14.9 Å². The first kappa shape index (κ1) is 16.0. The van der Waals surface area contributed by atoms with E-state index in [1.54, 1.807) is 6.92 Å². The molecule has 2 aromatic rings. The van der Waals surface area contributed by atoms with Gasteiger partial charge in [-0.15, -0.1) is 0 Å². The zero-order valence-corrected chi connectivity index (χ0v) is 12.5. The molecule has 22 heavy (non-hydrogen) atoms. The van der Waals surface area contributed by atoms with Crippen molar-refractivity contribution in [3.63, 3.8) is 0 Å². The lowest BCUT2D eigenvalue weighted by atomic mass is 10.2. The standard InChI is InChI=1S/C15H13FO5S/c1-2-20-15(17)11-6-5-7-12(10-11)22(18,19)21-14-9-4-3-8-13(14)16/h3-10H,2H2,1H3. The monoisotopic (exact) mass is 324 g/mol. The second kappa shape index (κ2) is 6.57. The SMILES string of the molecule is CCOC(=O)c1cccc(S(=O)(=O)Oc2ccccc2F)c1. The zero-order valence-electron chi connectivity index (χ0n) is 11.7. The van der Waals surface area contributed by atoms with Crippen molar-refractivity contribution in [2.24, 2.45) is 0 Å². The molecular weight excluding hydrogens is 311 g/mol. The van der Waals surface area contributed by atoms with Crippen LogP contribution in [0.4, 0.5) is 4.39 Å². The quantitative estimate of drug-likeness (QED) is 0.625. The van der Waals surface area contributed by atoms with Gasteiger partial charge in [-0.1, -0.05) is 18.2 Å². The fourth-order valence-corrected chi connectivity index (χ4v) is 2.66. The van der Waals surface area contributed by atoms with Crippen molar-refractivity contribution < 1.29 is 26.5 Å². The van der Waals surface area contributed by atoms with Gasteiger partial charge in [0, 0.05) is 0 Å². The van der Waals surface area contributed by atoms with Crippen LogP contribution in [0.15, 0.2) is 53.4 Å². The summed E-state index contributed by atoms with van der Waals surface area (Å²) in [5.74, 6) is -1.86. The zero-order chi connectivity index (χ0) is 16.2. The van der Waals surface area contributed by atoms with Gasteiger partial charge in [0.2, 0.25) is 0 Å². The highest BCUT2D eigenvalue weighted by atomic mass is 32.2. The lowest BCUT2D eigenvalue weighted by molar-refractivity contribution is 0.0526. The van der Waals surface area contributed by atoms with E-state index in [4.69, 9.17) is 8.92 Å². The Bertz CT molecular complexity index is 786. The fraction of sp³-hybridized carbons (Fsp3) is 0.133. The lowest BCUT2D eigenvalue weighted by Gasteiger charge is -2.08. The van der Waals surface area contributed by atoms with Gasteiger partial charge >= 0.3 is 16.1 Å². The largest absolute Gasteiger partial charge is 0.462 e. The molecule has 0 radical (unpaired) electrons. The van der Waals surface area contributed by atoms with E-state index in [0.717, 1.165) is 12.1 Å². The predicted molar refractivity (Wildman–Crippen MR) is 76.6 cm³/mol. The highest BCUT2D eigenvalue weighted by molar-refractivity contribution is 7.87. The molecule has 0 aliphatic rings. The van der Waals surface area contributed by atoms with Gasteiger partial charge < -0.3 is 8.92 Å². The minimum absolute atomic E-state index is 0.0695. The van der Waals surface area contributed by atoms with E-state index in [9.17, 15) is 17.6 Å². The van der Waals surface area contributed by atoms with Crippen LogP contribution in [0.3, 0.4) is 0 Å². The van der Waals surface area contributed by atoms with Gasteiger partial charge in [0.1, 0.15) is 4.90 Å². The van der Waals surface area contributed by atoms with Crippen LogP contribution in [0.2, 0.25) is 0 Å². The Labute approximate surface area is 127 Å². The number of hydrogen-bond donors (Lipinski definition) is 0. The number of ether oxygens (including phenoxy) is 1. The van der Waals surface area contributed by atoms with Gasteiger partial charge in [-0.2, -0.15) is 8.42 Å². The normalized spacial score (nSPS) is 11.0. The van der Waals surface area contributed by atoms with E-state index in [0.29, 0.717) is 0 Å². The van der Waals surface area contributed by atoms with Gasteiger partial charge in [0.15, 0.2) is 11.6 Å². The van der Waals surface area contributed by atoms with Crippen molar-refractivity contribution in [3.05, 3.63) is 59.9 Å². The van der Waals surface area contributed by atoms with Crippen molar-refractivity contribution in [2.45, 2.75) is 11.8 Å². The third-order valence-corrected chi connectivity index (χ3v) is 3.90. The molecule has 0 heterocycles. The summed E-state index contributed by atoms with van der Waals surface area (Å²) in [6.07, 6.45) is 0. The average Bonchev–Trinajstić information content (AvgIpc) is 2.50. The average molecular weight is 324 g/mol. The Kier molecular flexibility index (Phi) is 4.77. The summed E-state index contributed by atoms with van der Waals surface area (Å²) in [4.78, 5) is 11.4. The summed E-state index contributed by atoms with van der Waals surface area (Å²) >= 11 is 0. The first-order chi connectivity index (χ1) is 10.4. The number of hydrogen-bond acceptors (Lipinski definition) is 5. The molecule has 0 saturated carbocycles. The summed E-state index contributed by atoms with van der Waals surface area (Å²) in [5.41, 5.74) is 0.0695. The third-order valence-electron chi connectivity index (χ3n) is 2.67. The molecule has 0 aliphatic heterocycles. The van der Waals surface area contributed by atoms with E-state index in [2.05, 4.69) is 0 Å². The Hall–Kier alpha value is -2.41. The second-order valence-electron chi connectivity index (χ2n) is 4.22. The van der Waals surface area contributed by atoms with Crippen molar-refractivity contribution in [1.82, 2.24) is 0 Å². The summed E-state index contributed by atoms with van der Waals surface area (Å²) in [6, 6.07) is 10.3. The van der Waals surface area contributed by atoms with Crippen LogP contribution in [0.25, 0.3) is 0 Å². The molecule has 0 fully saturated rings. The van der Waals surface area contributed by atoms with Gasteiger partial charge in [-0.25, -0.2) is 9.18 Å². The maximum absolute atomic E-state index is 13.5. The van der Waals surface area contributed by atoms with Gasteiger partial charge in [-0.3, -0.25) is 0 Å². The van der Waals surface area contributed by atoms with Gasteiger partial charge in [0.05, 0.1) is 12.2 Å². The van der Waals surface area contributed by atoms with Crippen LogP contribution >= 0.6 is 0 Å². The Morgan fingerprint density at radius 3 is 2.55 bits per heavy atom. The van der Waals surface area contributed by atoms with Crippen molar-refractivity contribution in [2.75, 3.05) is 6.61 Å². The molecule has 0 unspecified atom stereocenters. The lowest BCUT2D eigenvalue weighted by Crippen LogP contribution is -2.12. The molecule has 0 amide bonds. The van der Waals surface area contributed by atoms with Crippen LogP contribution in [0, 0.1) is 5.82 Å². The summed E-state index contributed by atoms with van der Waals surface area (Å²) in [6.45, 7) is 1.81. The number of halogens is 1. The summed E-state index contributed by atoms with van der Waals surface area (Å²) < 4.78 is 47.3. The molecule has 7 heteroatoms. The molecular formula is C15H13FO5S. The predicted octanol–water partition coefficient (Wildman–Crippen LogP) is 2.77. The van der Waals surface area contributed by atoms with Gasteiger partial charge in [0.25, 0.3) is 0 Å². The second-order valence-corrected chi connectivity index (χ2v) is 5.76.